The third-order valence-corrected chi connectivity index (χ3v) is 2.56. The topological polar surface area (TPSA) is 30.7 Å². The molecule has 1 aromatic heterocycles. The number of hydrogen-bond donors (Lipinski definition) is 0. The fourth-order valence-electron chi connectivity index (χ4n) is 1.77. The van der Waals surface area contributed by atoms with Crippen LogP contribution < -0.4 is 0 Å². The van der Waals surface area contributed by atoms with Gasteiger partial charge < -0.3 is 4.57 Å². The fourth-order valence-corrected chi connectivity index (χ4v) is 1.77. The summed E-state index contributed by atoms with van der Waals surface area (Å²) in [7, 11) is 0. The molecule has 0 aliphatic carbocycles. The number of hydrogen-bond acceptors (Lipinski definition) is 2. The lowest BCUT2D eigenvalue weighted by Gasteiger charge is -2.14. The van der Waals surface area contributed by atoms with Crippen LogP contribution in [0.3, 0.4) is 0 Å². The SMILES string of the molecule is CCC(CC)c1nncn1CC(C)C. The lowest BCUT2D eigenvalue weighted by atomic mass is 10.0. The zero-order valence-corrected chi connectivity index (χ0v) is 9.70. The van der Waals surface area contributed by atoms with Crippen molar-refractivity contribution in [1.82, 2.24) is 14.8 Å². The van der Waals surface area contributed by atoms with E-state index in [2.05, 4.69) is 42.5 Å². The van der Waals surface area contributed by atoms with E-state index >= 15 is 0 Å². The maximum absolute atomic E-state index is 4.22. The highest BCUT2D eigenvalue weighted by Crippen LogP contribution is 2.20. The van der Waals surface area contributed by atoms with Gasteiger partial charge in [-0.25, -0.2) is 0 Å². The Hall–Kier alpha value is -0.860. The summed E-state index contributed by atoms with van der Waals surface area (Å²) in [6.45, 7) is 9.89. The first-order chi connectivity index (χ1) is 6.69. The van der Waals surface area contributed by atoms with E-state index in [9.17, 15) is 0 Å². The quantitative estimate of drug-likeness (QED) is 0.723. The molecule has 0 unspecified atom stereocenters. The van der Waals surface area contributed by atoms with Crippen LogP contribution in [0, 0.1) is 5.92 Å². The highest BCUT2D eigenvalue weighted by molar-refractivity contribution is 4.95. The van der Waals surface area contributed by atoms with E-state index in [1.54, 1.807) is 0 Å². The van der Waals surface area contributed by atoms with Gasteiger partial charge in [0.25, 0.3) is 0 Å². The molecule has 0 atom stereocenters. The summed E-state index contributed by atoms with van der Waals surface area (Å²) >= 11 is 0. The normalized spacial score (nSPS) is 11.6. The molecule has 1 rings (SSSR count). The Kier molecular flexibility index (Phi) is 4.11. The van der Waals surface area contributed by atoms with Crippen molar-refractivity contribution in [2.75, 3.05) is 0 Å². The second-order valence-corrected chi connectivity index (χ2v) is 4.25. The Labute approximate surface area is 86.5 Å². The summed E-state index contributed by atoms with van der Waals surface area (Å²) in [5.74, 6) is 2.37. The zero-order chi connectivity index (χ0) is 10.6. The van der Waals surface area contributed by atoms with Crippen molar-refractivity contribution in [1.29, 1.82) is 0 Å². The lowest BCUT2D eigenvalue weighted by molar-refractivity contribution is 0.477. The summed E-state index contributed by atoms with van der Waals surface area (Å²) in [4.78, 5) is 0. The minimum absolute atomic E-state index is 0.566. The molecule has 0 N–H and O–H groups in total. The average Bonchev–Trinajstić information content (AvgIpc) is 2.55. The fraction of sp³-hybridized carbons (Fsp3) is 0.818. The van der Waals surface area contributed by atoms with E-state index < -0.39 is 0 Å². The lowest BCUT2D eigenvalue weighted by Crippen LogP contribution is -2.11. The van der Waals surface area contributed by atoms with Gasteiger partial charge >= 0.3 is 0 Å². The summed E-state index contributed by atoms with van der Waals surface area (Å²) in [6, 6.07) is 0. The molecule has 0 radical (unpaired) electrons. The maximum Gasteiger partial charge on any atom is 0.135 e. The predicted octanol–water partition coefficient (Wildman–Crippen LogP) is 2.84. The van der Waals surface area contributed by atoms with E-state index in [4.69, 9.17) is 0 Å². The monoisotopic (exact) mass is 195 g/mol. The van der Waals surface area contributed by atoms with Gasteiger partial charge in [-0.15, -0.1) is 10.2 Å². The van der Waals surface area contributed by atoms with Gasteiger partial charge in [0.15, 0.2) is 0 Å². The van der Waals surface area contributed by atoms with Crippen LogP contribution in [0.4, 0.5) is 0 Å². The molecule has 3 heteroatoms. The van der Waals surface area contributed by atoms with Crippen LogP contribution >= 0.6 is 0 Å². The van der Waals surface area contributed by atoms with Crippen LogP contribution in [0.1, 0.15) is 52.3 Å². The standard InChI is InChI=1S/C11H21N3/c1-5-10(6-2)11-13-12-8-14(11)7-9(3)4/h8-10H,5-7H2,1-4H3. The second kappa shape index (κ2) is 5.13. The number of nitrogens with zero attached hydrogens (tertiary/aromatic N) is 3. The maximum atomic E-state index is 4.22. The molecule has 0 amide bonds. The summed E-state index contributed by atoms with van der Waals surface area (Å²) < 4.78 is 2.20. The van der Waals surface area contributed by atoms with Crippen molar-refractivity contribution < 1.29 is 0 Å². The molecule has 0 aliphatic rings. The number of rotatable bonds is 5. The van der Waals surface area contributed by atoms with Crippen LogP contribution in [0.15, 0.2) is 6.33 Å². The Balaban J connectivity index is 2.80. The molecule has 0 saturated heterocycles. The van der Waals surface area contributed by atoms with Crippen LogP contribution in [0.5, 0.6) is 0 Å². The first-order valence-electron chi connectivity index (χ1n) is 5.56. The van der Waals surface area contributed by atoms with Crippen LogP contribution in [0.2, 0.25) is 0 Å². The highest BCUT2D eigenvalue weighted by Gasteiger charge is 2.14. The third-order valence-electron chi connectivity index (χ3n) is 2.56. The van der Waals surface area contributed by atoms with Gasteiger partial charge in [0.2, 0.25) is 0 Å². The van der Waals surface area contributed by atoms with Gasteiger partial charge in [-0.05, 0) is 18.8 Å². The first-order valence-corrected chi connectivity index (χ1v) is 5.56. The molecular weight excluding hydrogens is 174 g/mol. The zero-order valence-electron chi connectivity index (χ0n) is 9.70. The first kappa shape index (κ1) is 11.2. The van der Waals surface area contributed by atoms with Crippen molar-refractivity contribution in [3.05, 3.63) is 12.2 Å². The van der Waals surface area contributed by atoms with Crippen molar-refractivity contribution in [3.8, 4) is 0 Å². The largest absolute Gasteiger partial charge is 0.317 e. The van der Waals surface area contributed by atoms with Gasteiger partial charge in [0, 0.05) is 12.5 Å². The van der Waals surface area contributed by atoms with E-state index in [0.717, 1.165) is 25.2 Å². The van der Waals surface area contributed by atoms with Gasteiger partial charge in [0.1, 0.15) is 12.2 Å². The third kappa shape index (κ3) is 2.56. The molecular formula is C11H21N3. The molecule has 1 heterocycles. The second-order valence-electron chi connectivity index (χ2n) is 4.25. The molecule has 0 fully saturated rings. The van der Waals surface area contributed by atoms with Crippen molar-refractivity contribution in [2.45, 2.75) is 53.0 Å². The van der Waals surface area contributed by atoms with Crippen LogP contribution in [-0.2, 0) is 6.54 Å². The van der Waals surface area contributed by atoms with Crippen LogP contribution in [0.25, 0.3) is 0 Å². The van der Waals surface area contributed by atoms with E-state index in [1.807, 2.05) is 6.33 Å². The molecule has 0 saturated carbocycles. The minimum Gasteiger partial charge on any atom is -0.317 e. The van der Waals surface area contributed by atoms with E-state index in [1.165, 1.54) is 0 Å². The Morgan fingerprint density at radius 1 is 1.29 bits per heavy atom. The molecule has 0 spiro atoms. The summed E-state index contributed by atoms with van der Waals surface area (Å²) in [5, 5.41) is 8.23. The molecule has 80 valence electrons. The van der Waals surface area contributed by atoms with Gasteiger partial charge in [-0.1, -0.05) is 27.7 Å². The molecule has 1 aromatic rings. The van der Waals surface area contributed by atoms with Gasteiger partial charge in [-0.2, -0.15) is 0 Å². The molecule has 3 nitrogen and oxygen atoms in total. The molecule has 0 aliphatic heterocycles. The molecule has 0 bridgehead atoms. The van der Waals surface area contributed by atoms with E-state index in [0.29, 0.717) is 11.8 Å². The van der Waals surface area contributed by atoms with Crippen molar-refractivity contribution >= 4 is 0 Å². The van der Waals surface area contributed by atoms with Crippen molar-refractivity contribution in [2.24, 2.45) is 5.92 Å². The average molecular weight is 195 g/mol. The van der Waals surface area contributed by atoms with Gasteiger partial charge in [-0.3, -0.25) is 0 Å². The summed E-state index contributed by atoms with van der Waals surface area (Å²) in [6.07, 6.45) is 4.15. The number of aromatic nitrogens is 3. The van der Waals surface area contributed by atoms with Crippen molar-refractivity contribution in [3.63, 3.8) is 0 Å². The summed E-state index contributed by atoms with van der Waals surface area (Å²) in [5.41, 5.74) is 0. The smallest absolute Gasteiger partial charge is 0.135 e. The van der Waals surface area contributed by atoms with E-state index in [-0.39, 0.29) is 0 Å². The molecule has 14 heavy (non-hydrogen) atoms. The predicted molar refractivity (Wildman–Crippen MR) is 58.2 cm³/mol. The molecule has 0 aromatic carbocycles. The van der Waals surface area contributed by atoms with Crippen LogP contribution in [-0.4, -0.2) is 14.8 Å². The minimum atomic E-state index is 0.566. The Morgan fingerprint density at radius 2 is 1.93 bits per heavy atom. The highest BCUT2D eigenvalue weighted by atomic mass is 15.3. The Morgan fingerprint density at radius 3 is 2.43 bits per heavy atom. The Bertz CT molecular complexity index is 261. The van der Waals surface area contributed by atoms with Gasteiger partial charge in [0.05, 0.1) is 0 Å².